The summed E-state index contributed by atoms with van der Waals surface area (Å²) in [5.74, 6) is -0.319. The minimum atomic E-state index is -0.663. The molecule has 0 aliphatic heterocycles. The first-order valence-electron chi connectivity index (χ1n) is 10.6. The largest absolute Gasteiger partial charge is 0.497 e. The van der Waals surface area contributed by atoms with E-state index < -0.39 is 18.4 Å². The van der Waals surface area contributed by atoms with Gasteiger partial charge in [-0.2, -0.15) is 5.10 Å². The zero-order valence-electron chi connectivity index (χ0n) is 18.3. The first kappa shape index (κ1) is 21.2. The first-order valence-corrected chi connectivity index (χ1v) is 10.6. The van der Waals surface area contributed by atoms with Crippen molar-refractivity contribution in [1.29, 1.82) is 0 Å². The Labute approximate surface area is 195 Å². The molecule has 0 amide bonds. The highest BCUT2D eigenvalue weighted by Gasteiger charge is 2.22. The van der Waals surface area contributed by atoms with E-state index in [1.165, 1.54) is 0 Å². The van der Waals surface area contributed by atoms with Crippen molar-refractivity contribution < 1.29 is 23.5 Å². The van der Waals surface area contributed by atoms with Crippen molar-refractivity contribution >= 4 is 22.7 Å². The number of rotatable bonds is 7. The normalized spacial score (nSPS) is 10.9. The molecule has 0 radical (unpaired) electrons. The van der Waals surface area contributed by atoms with Crippen molar-refractivity contribution in [3.63, 3.8) is 0 Å². The number of para-hydroxylation sites is 2. The van der Waals surface area contributed by atoms with E-state index in [0.717, 1.165) is 11.1 Å². The number of fused-ring (bicyclic) bond motifs is 1. The van der Waals surface area contributed by atoms with Crippen LogP contribution in [0.15, 0.2) is 95.5 Å². The van der Waals surface area contributed by atoms with Crippen LogP contribution < -0.4 is 4.74 Å². The van der Waals surface area contributed by atoms with Crippen molar-refractivity contribution in [3.8, 4) is 22.7 Å². The van der Waals surface area contributed by atoms with Crippen LogP contribution in [0.4, 0.5) is 0 Å². The molecule has 7 nitrogen and oxygen atoms in total. The van der Waals surface area contributed by atoms with Gasteiger partial charge in [0.15, 0.2) is 12.4 Å². The van der Waals surface area contributed by atoms with E-state index in [9.17, 15) is 9.59 Å². The third-order valence-corrected chi connectivity index (χ3v) is 5.33. The Bertz CT molecular complexity index is 1450. The van der Waals surface area contributed by atoms with Gasteiger partial charge in [0.1, 0.15) is 22.6 Å². The molecule has 0 atom stereocenters. The molecule has 0 unspecified atom stereocenters. The Kier molecular flexibility index (Phi) is 5.66. The van der Waals surface area contributed by atoms with Crippen LogP contribution in [0.2, 0.25) is 0 Å². The number of carbonyl (C=O) groups excluding carboxylic acids is 2. The number of esters is 1. The third-order valence-electron chi connectivity index (χ3n) is 5.33. The summed E-state index contributed by atoms with van der Waals surface area (Å²) in [7, 11) is 1.57. The van der Waals surface area contributed by atoms with Crippen LogP contribution in [0.3, 0.4) is 0 Å². The quantitative estimate of drug-likeness (QED) is 0.245. The fourth-order valence-electron chi connectivity index (χ4n) is 3.62. The number of benzene rings is 3. The number of aromatic nitrogens is 2. The van der Waals surface area contributed by atoms with Crippen LogP contribution in [0, 0.1) is 0 Å². The van der Waals surface area contributed by atoms with E-state index in [4.69, 9.17) is 13.9 Å². The van der Waals surface area contributed by atoms with Crippen molar-refractivity contribution in [2.75, 3.05) is 13.7 Å². The number of furan rings is 1. The highest BCUT2D eigenvalue weighted by Crippen LogP contribution is 2.27. The Morgan fingerprint density at radius 3 is 2.53 bits per heavy atom. The number of hydrogen-bond acceptors (Lipinski definition) is 6. The van der Waals surface area contributed by atoms with Crippen LogP contribution in [0.5, 0.6) is 5.75 Å². The number of carbonyl (C=O) groups is 2. The van der Waals surface area contributed by atoms with E-state index in [0.29, 0.717) is 22.6 Å². The summed E-state index contributed by atoms with van der Waals surface area (Å²) >= 11 is 0. The number of Topliss-reactive ketones (excluding diaryl/α,β-unsaturated/α-hetero) is 1. The van der Waals surface area contributed by atoms with Gasteiger partial charge in [-0.25, -0.2) is 9.48 Å². The lowest BCUT2D eigenvalue weighted by Gasteiger charge is -2.05. The van der Waals surface area contributed by atoms with Crippen molar-refractivity contribution in [3.05, 3.63) is 102 Å². The van der Waals surface area contributed by atoms with E-state index in [1.807, 2.05) is 66.7 Å². The van der Waals surface area contributed by atoms with Gasteiger partial charge in [0.05, 0.1) is 12.8 Å². The van der Waals surface area contributed by atoms with E-state index in [2.05, 4.69) is 5.10 Å². The molecule has 34 heavy (non-hydrogen) atoms. The minimum Gasteiger partial charge on any atom is -0.497 e. The van der Waals surface area contributed by atoms with Gasteiger partial charge in [0.25, 0.3) is 0 Å². The molecule has 0 spiro atoms. The van der Waals surface area contributed by atoms with Gasteiger partial charge < -0.3 is 13.9 Å². The van der Waals surface area contributed by atoms with Crippen LogP contribution >= 0.6 is 0 Å². The molecule has 5 aromatic rings. The summed E-state index contributed by atoms with van der Waals surface area (Å²) in [5, 5.41) is 5.43. The molecule has 0 saturated heterocycles. The maximum atomic E-state index is 13.1. The molecule has 5 rings (SSSR count). The van der Waals surface area contributed by atoms with Gasteiger partial charge >= 0.3 is 5.97 Å². The summed E-state index contributed by atoms with van der Waals surface area (Å²) < 4.78 is 17.9. The predicted octanol–water partition coefficient (Wildman–Crippen LogP) is 5.33. The fraction of sp³-hybridized carbons (Fsp3) is 0.0741. The summed E-state index contributed by atoms with van der Waals surface area (Å²) in [6.07, 6.45) is 1.60. The average molecular weight is 452 g/mol. The zero-order chi connectivity index (χ0) is 23.5. The predicted molar refractivity (Wildman–Crippen MR) is 126 cm³/mol. The Morgan fingerprint density at radius 1 is 0.941 bits per heavy atom. The zero-order valence-corrected chi connectivity index (χ0v) is 18.3. The smallest absolute Gasteiger partial charge is 0.342 e. The highest BCUT2D eigenvalue weighted by atomic mass is 16.5. The standard InChI is InChI=1S/C27H20N2O5/c1-32-21-12-7-9-19(14-21)26-22(16-29(28-26)20-10-3-2-4-11-20)27(31)33-17-23(30)25-15-18-8-5-6-13-24(18)34-25/h2-16H,17H2,1H3. The Morgan fingerprint density at radius 2 is 1.74 bits per heavy atom. The van der Waals surface area contributed by atoms with Crippen LogP contribution in [-0.4, -0.2) is 35.2 Å². The third kappa shape index (κ3) is 4.19. The van der Waals surface area contributed by atoms with Crippen molar-refractivity contribution in [2.24, 2.45) is 0 Å². The fourth-order valence-corrected chi connectivity index (χ4v) is 3.62. The molecule has 0 bridgehead atoms. The second kappa shape index (κ2) is 9.07. The van der Waals surface area contributed by atoms with Gasteiger partial charge in [-0.1, -0.05) is 48.5 Å². The van der Waals surface area contributed by atoms with Gasteiger partial charge in [0.2, 0.25) is 5.78 Å². The average Bonchev–Trinajstić information content (AvgIpc) is 3.53. The molecule has 0 aliphatic rings. The maximum Gasteiger partial charge on any atom is 0.342 e. The van der Waals surface area contributed by atoms with Gasteiger partial charge in [0, 0.05) is 17.1 Å². The Hall–Kier alpha value is -4.65. The minimum absolute atomic E-state index is 0.141. The molecule has 2 aromatic heterocycles. The summed E-state index contributed by atoms with van der Waals surface area (Å²) in [6, 6.07) is 25.6. The van der Waals surface area contributed by atoms with Crippen molar-refractivity contribution in [2.45, 2.75) is 0 Å². The Balaban J connectivity index is 1.43. The molecular weight excluding hydrogens is 432 g/mol. The number of ether oxygens (including phenoxy) is 2. The summed E-state index contributed by atoms with van der Waals surface area (Å²) in [6.45, 7) is -0.452. The highest BCUT2D eigenvalue weighted by molar-refractivity contribution is 6.01. The maximum absolute atomic E-state index is 13.1. The molecular formula is C27H20N2O5. The second-order valence-electron chi connectivity index (χ2n) is 7.55. The molecule has 0 fully saturated rings. The monoisotopic (exact) mass is 452 g/mol. The number of ketones is 1. The van der Waals surface area contributed by atoms with Crippen LogP contribution in [-0.2, 0) is 4.74 Å². The summed E-state index contributed by atoms with van der Waals surface area (Å²) in [5.41, 5.74) is 2.72. The second-order valence-corrected chi connectivity index (χ2v) is 7.55. The molecule has 2 heterocycles. The molecule has 168 valence electrons. The number of methoxy groups -OCH3 is 1. The topological polar surface area (TPSA) is 83.6 Å². The number of nitrogens with zero attached hydrogens (tertiary/aromatic N) is 2. The van der Waals surface area contributed by atoms with Gasteiger partial charge in [-0.05, 0) is 36.4 Å². The molecule has 3 aromatic carbocycles. The molecule has 0 saturated carbocycles. The molecule has 0 N–H and O–H groups in total. The molecule has 0 aliphatic carbocycles. The van der Waals surface area contributed by atoms with Crippen LogP contribution in [0.1, 0.15) is 20.9 Å². The van der Waals surface area contributed by atoms with Gasteiger partial charge in [-0.15, -0.1) is 0 Å². The van der Waals surface area contributed by atoms with E-state index in [1.54, 1.807) is 36.2 Å². The lowest BCUT2D eigenvalue weighted by molar-refractivity contribution is 0.0469. The first-order chi connectivity index (χ1) is 16.6. The molecule has 7 heteroatoms. The van der Waals surface area contributed by atoms with E-state index in [-0.39, 0.29) is 11.3 Å². The van der Waals surface area contributed by atoms with Gasteiger partial charge in [-0.3, -0.25) is 4.79 Å². The summed E-state index contributed by atoms with van der Waals surface area (Å²) in [4.78, 5) is 25.7. The van der Waals surface area contributed by atoms with Crippen molar-refractivity contribution in [1.82, 2.24) is 9.78 Å². The van der Waals surface area contributed by atoms with Crippen LogP contribution in [0.25, 0.3) is 27.9 Å². The SMILES string of the molecule is COc1cccc(-c2nn(-c3ccccc3)cc2C(=O)OCC(=O)c2cc3ccccc3o2)c1. The lowest BCUT2D eigenvalue weighted by atomic mass is 10.1. The number of hydrogen-bond donors (Lipinski definition) is 0. The lowest BCUT2D eigenvalue weighted by Crippen LogP contribution is -2.14. The van der Waals surface area contributed by atoms with E-state index >= 15 is 0 Å².